The zero-order chi connectivity index (χ0) is 16.1. The molecule has 1 saturated heterocycles. The zero-order valence-corrected chi connectivity index (χ0v) is 13.3. The van der Waals surface area contributed by atoms with E-state index in [0.29, 0.717) is 6.42 Å². The second kappa shape index (κ2) is 7.44. The normalized spacial score (nSPS) is 21.9. The van der Waals surface area contributed by atoms with Gasteiger partial charge in [0.25, 0.3) is 5.91 Å². The molecule has 122 valence electrons. The number of amides is 1. The van der Waals surface area contributed by atoms with Gasteiger partial charge in [0, 0.05) is 18.7 Å². The topological polar surface area (TPSA) is 46.6 Å². The first-order valence-corrected chi connectivity index (χ1v) is 8.45. The lowest BCUT2D eigenvalue weighted by molar-refractivity contribution is -0.164. The molecule has 2 atom stereocenters. The van der Waals surface area contributed by atoms with E-state index < -0.39 is 6.10 Å². The van der Waals surface area contributed by atoms with Crippen molar-refractivity contribution in [1.29, 1.82) is 0 Å². The first-order chi connectivity index (χ1) is 11.3. The van der Waals surface area contributed by atoms with Gasteiger partial charge in [0.15, 0.2) is 0 Å². The highest BCUT2D eigenvalue weighted by Crippen LogP contribution is 2.27. The van der Waals surface area contributed by atoms with Crippen molar-refractivity contribution < 1.29 is 14.3 Å². The average molecular weight is 313 g/mol. The van der Waals surface area contributed by atoms with Gasteiger partial charge in [-0.05, 0) is 32.1 Å². The highest BCUT2D eigenvalue weighted by molar-refractivity contribution is 5.85. The van der Waals surface area contributed by atoms with Crippen LogP contribution in [0.4, 0.5) is 0 Å². The molecular formula is C19H23NO3. The van der Waals surface area contributed by atoms with Gasteiger partial charge < -0.3 is 9.64 Å². The van der Waals surface area contributed by atoms with Gasteiger partial charge in [0.2, 0.25) is 6.10 Å². The van der Waals surface area contributed by atoms with Crippen LogP contribution in [0.2, 0.25) is 0 Å². The molecule has 1 heterocycles. The zero-order valence-electron chi connectivity index (χ0n) is 13.3. The van der Waals surface area contributed by atoms with Crippen molar-refractivity contribution in [3.63, 3.8) is 0 Å². The molecule has 1 aromatic carbocycles. The van der Waals surface area contributed by atoms with Crippen molar-refractivity contribution in [2.45, 2.75) is 38.2 Å². The SMILES string of the molecule is O=C(O[C@H](C(=O)N1CCCC1)c1ccccc1)[C@@H]1CC=CCC1. The molecular weight excluding hydrogens is 290 g/mol. The number of carbonyl (C=O) groups is 2. The minimum absolute atomic E-state index is 0.0894. The van der Waals surface area contributed by atoms with Crippen LogP contribution in [0.25, 0.3) is 0 Å². The number of benzene rings is 1. The molecule has 1 amide bonds. The molecule has 0 N–H and O–H groups in total. The van der Waals surface area contributed by atoms with Crippen LogP contribution in [0.15, 0.2) is 42.5 Å². The monoisotopic (exact) mass is 313 g/mol. The second-order valence-electron chi connectivity index (χ2n) is 6.24. The fraction of sp³-hybridized carbons (Fsp3) is 0.474. The summed E-state index contributed by atoms with van der Waals surface area (Å²) in [5.74, 6) is -0.471. The summed E-state index contributed by atoms with van der Waals surface area (Å²) in [6.45, 7) is 1.51. The van der Waals surface area contributed by atoms with Crippen molar-refractivity contribution in [2.24, 2.45) is 5.92 Å². The van der Waals surface area contributed by atoms with Crippen LogP contribution in [0.1, 0.15) is 43.8 Å². The van der Waals surface area contributed by atoms with Gasteiger partial charge in [0.05, 0.1) is 5.92 Å². The van der Waals surface area contributed by atoms with Gasteiger partial charge in [-0.25, -0.2) is 0 Å². The number of rotatable bonds is 4. The van der Waals surface area contributed by atoms with Gasteiger partial charge in [-0.2, -0.15) is 0 Å². The van der Waals surface area contributed by atoms with E-state index >= 15 is 0 Å². The van der Waals surface area contributed by atoms with Crippen LogP contribution in [-0.2, 0) is 14.3 Å². The van der Waals surface area contributed by atoms with E-state index in [2.05, 4.69) is 6.08 Å². The van der Waals surface area contributed by atoms with E-state index in [0.717, 1.165) is 44.3 Å². The number of ether oxygens (including phenoxy) is 1. The molecule has 0 radical (unpaired) electrons. The first kappa shape index (κ1) is 15.8. The number of carbonyl (C=O) groups excluding carboxylic acids is 2. The Balaban J connectivity index is 1.76. The highest BCUT2D eigenvalue weighted by Gasteiger charge is 2.32. The Bertz CT molecular complexity index is 576. The minimum Gasteiger partial charge on any atom is -0.447 e. The maximum absolute atomic E-state index is 12.8. The maximum atomic E-state index is 12.8. The summed E-state index contributed by atoms with van der Waals surface area (Å²) in [5.41, 5.74) is 0.754. The van der Waals surface area contributed by atoms with Crippen LogP contribution in [0, 0.1) is 5.92 Å². The quantitative estimate of drug-likeness (QED) is 0.633. The molecule has 0 spiro atoms. The summed E-state index contributed by atoms with van der Waals surface area (Å²) in [4.78, 5) is 27.1. The number of hydrogen-bond donors (Lipinski definition) is 0. The second-order valence-corrected chi connectivity index (χ2v) is 6.24. The molecule has 23 heavy (non-hydrogen) atoms. The minimum atomic E-state index is -0.812. The van der Waals surface area contributed by atoms with Gasteiger partial charge in [-0.3, -0.25) is 9.59 Å². The summed E-state index contributed by atoms with van der Waals surface area (Å²) < 4.78 is 5.69. The van der Waals surface area contributed by atoms with Crippen molar-refractivity contribution in [2.75, 3.05) is 13.1 Å². The van der Waals surface area contributed by atoms with Gasteiger partial charge >= 0.3 is 5.97 Å². The Hall–Kier alpha value is -2.10. The van der Waals surface area contributed by atoms with E-state index in [1.54, 1.807) is 0 Å². The predicted octanol–water partition coefficient (Wildman–Crippen LogP) is 3.25. The van der Waals surface area contributed by atoms with Crippen molar-refractivity contribution in [3.05, 3.63) is 48.0 Å². The Morgan fingerprint density at radius 1 is 1.09 bits per heavy atom. The predicted molar refractivity (Wildman–Crippen MR) is 87.6 cm³/mol. The third kappa shape index (κ3) is 3.81. The van der Waals surface area contributed by atoms with Gasteiger partial charge in [-0.15, -0.1) is 0 Å². The third-order valence-corrected chi connectivity index (χ3v) is 4.58. The fourth-order valence-electron chi connectivity index (χ4n) is 3.21. The van der Waals surface area contributed by atoms with E-state index in [4.69, 9.17) is 4.74 Å². The lowest BCUT2D eigenvalue weighted by Gasteiger charge is -2.25. The van der Waals surface area contributed by atoms with Crippen LogP contribution in [0.3, 0.4) is 0 Å². The lowest BCUT2D eigenvalue weighted by Crippen LogP contribution is -2.36. The maximum Gasteiger partial charge on any atom is 0.310 e. The van der Waals surface area contributed by atoms with E-state index in [-0.39, 0.29) is 17.8 Å². The van der Waals surface area contributed by atoms with Crippen LogP contribution >= 0.6 is 0 Å². The van der Waals surface area contributed by atoms with E-state index in [1.165, 1.54) is 0 Å². The molecule has 0 saturated carbocycles. The summed E-state index contributed by atoms with van der Waals surface area (Å²) in [7, 11) is 0. The number of allylic oxidation sites excluding steroid dienone is 2. The van der Waals surface area contributed by atoms with E-state index in [9.17, 15) is 9.59 Å². The Kier molecular flexibility index (Phi) is 5.11. The van der Waals surface area contributed by atoms with Crippen LogP contribution in [0.5, 0.6) is 0 Å². The summed E-state index contributed by atoms with van der Waals surface area (Å²) >= 11 is 0. The van der Waals surface area contributed by atoms with Gasteiger partial charge in [0.1, 0.15) is 0 Å². The number of likely N-dealkylation sites (tertiary alicyclic amines) is 1. The number of esters is 1. The van der Waals surface area contributed by atoms with Crippen LogP contribution in [-0.4, -0.2) is 29.9 Å². The molecule has 2 aliphatic rings. The Morgan fingerprint density at radius 2 is 1.83 bits per heavy atom. The molecule has 1 aliphatic carbocycles. The molecule has 1 aromatic rings. The molecule has 0 aromatic heterocycles. The fourth-order valence-corrected chi connectivity index (χ4v) is 3.21. The summed E-state index contributed by atoms with van der Waals surface area (Å²) in [6, 6.07) is 9.35. The number of nitrogens with zero attached hydrogens (tertiary/aromatic N) is 1. The number of hydrogen-bond acceptors (Lipinski definition) is 3. The smallest absolute Gasteiger partial charge is 0.310 e. The highest BCUT2D eigenvalue weighted by atomic mass is 16.5. The molecule has 4 heteroatoms. The molecule has 0 unspecified atom stereocenters. The lowest BCUT2D eigenvalue weighted by atomic mass is 9.94. The molecule has 4 nitrogen and oxygen atoms in total. The van der Waals surface area contributed by atoms with Crippen molar-refractivity contribution in [3.8, 4) is 0 Å². The molecule has 1 fully saturated rings. The Morgan fingerprint density at radius 3 is 2.48 bits per heavy atom. The molecule has 0 bridgehead atoms. The summed E-state index contributed by atoms with van der Waals surface area (Å²) in [5, 5.41) is 0. The van der Waals surface area contributed by atoms with Crippen LogP contribution < -0.4 is 0 Å². The third-order valence-electron chi connectivity index (χ3n) is 4.58. The average Bonchev–Trinajstić information content (AvgIpc) is 3.15. The summed E-state index contributed by atoms with van der Waals surface area (Å²) in [6.07, 6.45) is 7.75. The molecule has 1 aliphatic heterocycles. The van der Waals surface area contributed by atoms with Gasteiger partial charge in [-0.1, -0.05) is 42.5 Å². The Labute approximate surface area is 137 Å². The molecule has 3 rings (SSSR count). The first-order valence-electron chi connectivity index (χ1n) is 8.45. The standard InChI is InChI=1S/C19H23NO3/c21-18(20-13-7-8-14-20)17(15-9-3-1-4-10-15)23-19(22)16-11-5-2-6-12-16/h1-5,9-10,16-17H,6-8,11-14H2/t16-,17+/m1/s1. The van der Waals surface area contributed by atoms with Crippen molar-refractivity contribution >= 4 is 11.9 Å². The van der Waals surface area contributed by atoms with Crippen molar-refractivity contribution in [1.82, 2.24) is 4.90 Å². The largest absolute Gasteiger partial charge is 0.447 e. The van der Waals surface area contributed by atoms with E-state index in [1.807, 2.05) is 41.3 Å².